The van der Waals surface area contributed by atoms with Gasteiger partial charge in [0.25, 0.3) is 0 Å². The van der Waals surface area contributed by atoms with Gasteiger partial charge in [0.1, 0.15) is 0 Å². The van der Waals surface area contributed by atoms with Gasteiger partial charge in [0, 0.05) is 11.5 Å². The highest BCUT2D eigenvalue weighted by Gasteiger charge is 2.25. The first-order chi connectivity index (χ1) is 8.84. The molecule has 2 fully saturated rings. The number of thioether (sulfide) groups is 1. The SMILES string of the molecule is NC(c1cccc(C2CCC2)c1)C1CSCCO1. The van der Waals surface area contributed by atoms with Crippen LogP contribution in [0, 0.1) is 0 Å². The van der Waals surface area contributed by atoms with Crippen LogP contribution in [0.2, 0.25) is 0 Å². The summed E-state index contributed by atoms with van der Waals surface area (Å²) < 4.78 is 5.79. The summed E-state index contributed by atoms with van der Waals surface area (Å²) in [5.74, 6) is 2.90. The topological polar surface area (TPSA) is 35.2 Å². The van der Waals surface area contributed by atoms with Gasteiger partial charge in [0.15, 0.2) is 0 Å². The van der Waals surface area contributed by atoms with Gasteiger partial charge >= 0.3 is 0 Å². The number of hydrogen-bond donors (Lipinski definition) is 1. The van der Waals surface area contributed by atoms with Crippen LogP contribution < -0.4 is 5.73 Å². The van der Waals surface area contributed by atoms with Crippen molar-refractivity contribution in [3.63, 3.8) is 0 Å². The molecular formula is C15H21NOS. The Hall–Kier alpha value is -0.510. The summed E-state index contributed by atoms with van der Waals surface area (Å²) in [6, 6.07) is 8.87. The minimum absolute atomic E-state index is 0.0258. The van der Waals surface area contributed by atoms with E-state index in [0.29, 0.717) is 0 Å². The van der Waals surface area contributed by atoms with Gasteiger partial charge in [0.05, 0.1) is 18.8 Å². The molecule has 2 atom stereocenters. The van der Waals surface area contributed by atoms with Crippen molar-refractivity contribution in [2.75, 3.05) is 18.1 Å². The molecule has 98 valence electrons. The second-order valence-corrected chi connectivity index (χ2v) is 6.46. The summed E-state index contributed by atoms with van der Waals surface area (Å²) in [5.41, 5.74) is 9.07. The standard InChI is InChI=1S/C15H21NOS/c16-15(14-10-18-8-7-17-14)13-6-2-5-12(9-13)11-3-1-4-11/h2,5-6,9,11,14-15H,1,3-4,7-8,10,16H2. The molecule has 3 heteroatoms. The van der Waals surface area contributed by atoms with Gasteiger partial charge in [-0.15, -0.1) is 0 Å². The number of ether oxygens (including phenoxy) is 1. The molecule has 1 saturated carbocycles. The maximum Gasteiger partial charge on any atom is 0.0858 e. The average Bonchev–Trinajstić information content (AvgIpc) is 2.37. The summed E-state index contributed by atoms with van der Waals surface area (Å²) in [5, 5.41) is 0. The van der Waals surface area contributed by atoms with Crippen LogP contribution in [0.4, 0.5) is 0 Å². The van der Waals surface area contributed by atoms with E-state index in [4.69, 9.17) is 10.5 Å². The Balaban J connectivity index is 1.73. The molecule has 0 spiro atoms. The lowest BCUT2D eigenvalue weighted by Crippen LogP contribution is -2.34. The van der Waals surface area contributed by atoms with Crippen LogP contribution in [0.1, 0.15) is 42.3 Å². The second-order valence-electron chi connectivity index (χ2n) is 5.31. The Bertz CT molecular complexity index is 399. The molecule has 1 saturated heterocycles. The fraction of sp³-hybridized carbons (Fsp3) is 0.600. The second kappa shape index (κ2) is 5.64. The molecule has 3 rings (SSSR count). The fourth-order valence-corrected chi connectivity index (χ4v) is 3.61. The summed E-state index contributed by atoms with van der Waals surface area (Å²) in [6.07, 6.45) is 4.24. The van der Waals surface area contributed by atoms with Crippen LogP contribution >= 0.6 is 11.8 Å². The summed E-state index contributed by atoms with van der Waals surface area (Å²) in [7, 11) is 0. The first kappa shape index (κ1) is 12.5. The molecule has 1 aromatic rings. The van der Waals surface area contributed by atoms with Gasteiger partial charge in [0.2, 0.25) is 0 Å². The Morgan fingerprint density at radius 3 is 2.89 bits per heavy atom. The smallest absolute Gasteiger partial charge is 0.0858 e. The van der Waals surface area contributed by atoms with E-state index < -0.39 is 0 Å². The molecule has 18 heavy (non-hydrogen) atoms. The molecule has 0 aromatic heterocycles. The molecule has 2 N–H and O–H groups in total. The number of rotatable bonds is 3. The predicted octanol–water partition coefficient (Wildman–Crippen LogP) is 3.09. The highest BCUT2D eigenvalue weighted by molar-refractivity contribution is 7.99. The van der Waals surface area contributed by atoms with E-state index in [0.717, 1.165) is 24.0 Å². The monoisotopic (exact) mass is 263 g/mol. The van der Waals surface area contributed by atoms with Crippen molar-refractivity contribution >= 4 is 11.8 Å². The van der Waals surface area contributed by atoms with Gasteiger partial charge in [-0.1, -0.05) is 30.7 Å². The maximum atomic E-state index is 6.36. The Morgan fingerprint density at radius 2 is 2.22 bits per heavy atom. The fourth-order valence-electron chi connectivity index (χ4n) is 2.69. The van der Waals surface area contributed by atoms with Gasteiger partial charge < -0.3 is 10.5 Å². The van der Waals surface area contributed by atoms with E-state index in [-0.39, 0.29) is 12.1 Å². The molecule has 1 aromatic carbocycles. The van der Waals surface area contributed by atoms with Crippen LogP contribution in [-0.2, 0) is 4.74 Å². The summed E-state index contributed by atoms with van der Waals surface area (Å²) in [4.78, 5) is 0. The number of nitrogens with two attached hydrogens (primary N) is 1. The molecule has 1 aliphatic carbocycles. The minimum atomic E-state index is 0.0258. The van der Waals surface area contributed by atoms with Crippen molar-refractivity contribution in [2.45, 2.75) is 37.3 Å². The molecule has 2 nitrogen and oxygen atoms in total. The number of benzene rings is 1. The normalized spacial score (nSPS) is 26.6. The van der Waals surface area contributed by atoms with Crippen molar-refractivity contribution < 1.29 is 4.74 Å². The van der Waals surface area contributed by atoms with Crippen molar-refractivity contribution in [2.24, 2.45) is 5.73 Å². The van der Waals surface area contributed by atoms with E-state index in [1.165, 1.54) is 30.4 Å². The van der Waals surface area contributed by atoms with Crippen molar-refractivity contribution in [1.82, 2.24) is 0 Å². The van der Waals surface area contributed by atoms with E-state index >= 15 is 0 Å². The van der Waals surface area contributed by atoms with Crippen molar-refractivity contribution in [3.05, 3.63) is 35.4 Å². The zero-order valence-corrected chi connectivity index (χ0v) is 11.5. The Kier molecular flexibility index (Phi) is 3.92. The highest BCUT2D eigenvalue weighted by atomic mass is 32.2. The van der Waals surface area contributed by atoms with Crippen LogP contribution in [0.15, 0.2) is 24.3 Å². The predicted molar refractivity (Wildman–Crippen MR) is 77.0 cm³/mol. The van der Waals surface area contributed by atoms with Gasteiger partial charge in [-0.25, -0.2) is 0 Å². The average molecular weight is 263 g/mol. The van der Waals surface area contributed by atoms with Gasteiger partial charge in [-0.3, -0.25) is 0 Å². The van der Waals surface area contributed by atoms with E-state index in [9.17, 15) is 0 Å². The Morgan fingerprint density at radius 1 is 1.33 bits per heavy atom. The van der Waals surface area contributed by atoms with Crippen LogP contribution in [0.25, 0.3) is 0 Å². The van der Waals surface area contributed by atoms with Gasteiger partial charge in [-0.2, -0.15) is 11.8 Å². The zero-order chi connectivity index (χ0) is 12.4. The van der Waals surface area contributed by atoms with Crippen molar-refractivity contribution in [3.8, 4) is 0 Å². The highest BCUT2D eigenvalue weighted by Crippen LogP contribution is 2.37. The first-order valence-electron chi connectivity index (χ1n) is 6.89. The lowest BCUT2D eigenvalue weighted by atomic mass is 9.79. The quantitative estimate of drug-likeness (QED) is 0.910. The molecule has 1 heterocycles. The largest absolute Gasteiger partial charge is 0.375 e. The Labute approximate surface area is 113 Å². The molecule has 1 aliphatic heterocycles. The zero-order valence-electron chi connectivity index (χ0n) is 10.7. The number of hydrogen-bond acceptors (Lipinski definition) is 3. The molecule has 2 unspecified atom stereocenters. The van der Waals surface area contributed by atoms with Crippen LogP contribution in [0.5, 0.6) is 0 Å². The third-order valence-corrected chi connectivity index (χ3v) is 5.13. The molecular weight excluding hydrogens is 242 g/mol. The summed E-state index contributed by atoms with van der Waals surface area (Å²) in [6.45, 7) is 0.839. The molecule has 2 aliphatic rings. The minimum Gasteiger partial charge on any atom is -0.375 e. The van der Waals surface area contributed by atoms with Crippen molar-refractivity contribution in [1.29, 1.82) is 0 Å². The third-order valence-electron chi connectivity index (χ3n) is 4.11. The molecule has 0 amide bonds. The van der Waals surface area contributed by atoms with E-state index in [1.807, 2.05) is 11.8 Å². The van der Waals surface area contributed by atoms with E-state index in [2.05, 4.69) is 24.3 Å². The first-order valence-corrected chi connectivity index (χ1v) is 8.05. The van der Waals surface area contributed by atoms with Gasteiger partial charge in [-0.05, 0) is 29.9 Å². The lowest BCUT2D eigenvalue weighted by Gasteiger charge is -2.30. The van der Waals surface area contributed by atoms with Crippen LogP contribution in [-0.4, -0.2) is 24.2 Å². The van der Waals surface area contributed by atoms with Crippen LogP contribution in [0.3, 0.4) is 0 Å². The van der Waals surface area contributed by atoms with E-state index in [1.54, 1.807) is 0 Å². The third kappa shape index (κ3) is 2.58. The summed E-state index contributed by atoms with van der Waals surface area (Å²) >= 11 is 1.95. The maximum absolute atomic E-state index is 6.36. The molecule has 0 bridgehead atoms. The molecule has 0 radical (unpaired) electrons. The lowest BCUT2D eigenvalue weighted by molar-refractivity contribution is 0.0569.